The SMILES string of the molecule is O=C1CCC[C@H]2NCC[C@@H]12. The summed E-state index contributed by atoms with van der Waals surface area (Å²) in [5, 5.41) is 3.37. The lowest BCUT2D eigenvalue weighted by Crippen LogP contribution is -2.34. The number of rotatable bonds is 0. The number of hydrogen-bond donors (Lipinski definition) is 1. The first-order valence-corrected chi connectivity index (χ1v) is 4.14. The Labute approximate surface area is 61.0 Å². The van der Waals surface area contributed by atoms with Gasteiger partial charge in [-0.05, 0) is 25.8 Å². The number of hydrogen-bond acceptors (Lipinski definition) is 2. The maximum Gasteiger partial charge on any atom is 0.137 e. The molecule has 2 nitrogen and oxygen atoms in total. The molecule has 1 saturated heterocycles. The van der Waals surface area contributed by atoms with Crippen molar-refractivity contribution in [3.05, 3.63) is 0 Å². The molecule has 10 heavy (non-hydrogen) atoms. The van der Waals surface area contributed by atoms with Crippen molar-refractivity contribution in [1.29, 1.82) is 0 Å². The third-order valence-electron chi connectivity index (χ3n) is 2.70. The van der Waals surface area contributed by atoms with E-state index in [0.29, 0.717) is 17.7 Å². The highest BCUT2D eigenvalue weighted by Gasteiger charge is 2.34. The van der Waals surface area contributed by atoms with Gasteiger partial charge in [0.2, 0.25) is 0 Å². The minimum absolute atomic E-state index is 0.383. The third-order valence-corrected chi connectivity index (χ3v) is 2.70. The molecular weight excluding hydrogens is 126 g/mol. The summed E-state index contributed by atoms with van der Waals surface area (Å²) in [6.07, 6.45) is 4.25. The molecule has 1 saturated carbocycles. The van der Waals surface area contributed by atoms with Crippen LogP contribution in [0.5, 0.6) is 0 Å². The molecule has 2 rings (SSSR count). The number of nitrogens with one attached hydrogen (secondary N) is 1. The first kappa shape index (κ1) is 6.35. The molecule has 1 N–H and O–H groups in total. The summed E-state index contributed by atoms with van der Waals surface area (Å²) >= 11 is 0. The molecule has 2 fully saturated rings. The maximum absolute atomic E-state index is 11.2. The second-order valence-corrected chi connectivity index (χ2v) is 3.31. The fraction of sp³-hybridized carbons (Fsp3) is 0.875. The van der Waals surface area contributed by atoms with Crippen molar-refractivity contribution in [3.63, 3.8) is 0 Å². The van der Waals surface area contributed by atoms with E-state index in [0.717, 1.165) is 25.8 Å². The molecule has 1 aliphatic heterocycles. The van der Waals surface area contributed by atoms with E-state index < -0.39 is 0 Å². The van der Waals surface area contributed by atoms with Gasteiger partial charge in [-0.1, -0.05) is 0 Å². The number of ketones is 1. The number of fused-ring (bicyclic) bond motifs is 1. The van der Waals surface area contributed by atoms with E-state index in [1.54, 1.807) is 0 Å². The molecule has 0 amide bonds. The van der Waals surface area contributed by atoms with E-state index in [-0.39, 0.29) is 0 Å². The quantitative estimate of drug-likeness (QED) is 0.535. The summed E-state index contributed by atoms with van der Waals surface area (Å²) in [5.41, 5.74) is 0. The van der Waals surface area contributed by atoms with Crippen molar-refractivity contribution < 1.29 is 4.79 Å². The number of Topliss-reactive ketones (excluding diaryl/α,β-unsaturated/α-hetero) is 1. The molecule has 1 heterocycles. The molecule has 0 bridgehead atoms. The van der Waals surface area contributed by atoms with E-state index in [4.69, 9.17) is 0 Å². The lowest BCUT2D eigenvalue weighted by Gasteiger charge is -2.22. The van der Waals surface area contributed by atoms with Crippen molar-refractivity contribution in [2.75, 3.05) is 6.54 Å². The van der Waals surface area contributed by atoms with E-state index in [2.05, 4.69) is 5.32 Å². The maximum atomic E-state index is 11.2. The van der Waals surface area contributed by atoms with Gasteiger partial charge < -0.3 is 5.32 Å². The van der Waals surface area contributed by atoms with E-state index in [1.165, 1.54) is 6.42 Å². The minimum Gasteiger partial charge on any atom is -0.313 e. The first-order valence-electron chi connectivity index (χ1n) is 4.14. The Morgan fingerprint density at radius 2 is 2.30 bits per heavy atom. The van der Waals surface area contributed by atoms with Crippen molar-refractivity contribution in [3.8, 4) is 0 Å². The topological polar surface area (TPSA) is 29.1 Å². The molecule has 0 aromatic rings. The largest absolute Gasteiger partial charge is 0.313 e. The average molecular weight is 139 g/mol. The second kappa shape index (κ2) is 2.35. The van der Waals surface area contributed by atoms with Crippen LogP contribution in [0.4, 0.5) is 0 Å². The van der Waals surface area contributed by atoms with Gasteiger partial charge in [-0.15, -0.1) is 0 Å². The third kappa shape index (κ3) is 0.870. The minimum atomic E-state index is 0.383. The van der Waals surface area contributed by atoms with Gasteiger partial charge in [0.15, 0.2) is 0 Å². The van der Waals surface area contributed by atoms with Crippen LogP contribution in [0.15, 0.2) is 0 Å². The Hall–Kier alpha value is -0.370. The van der Waals surface area contributed by atoms with E-state index in [1.807, 2.05) is 0 Å². The fourth-order valence-corrected chi connectivity index (χ4v) is 2.14. The summed E-state index contributed by atoms with van der Waals surface area (Å²) in [6.45, 7) is 1.06. The molecule has 2 aliphatic rings. The van der Waals surface area contributed by atoms with Crippen LogP contribution in [-0.4, -0.2) is 18.4 Å². The van der Waals surface area contributed by atoms with Gasteiger partial charge in [0.05, 0.1) is 0 Å². The Kier molecular flexibility index (Phi) is 1.49. The van der Waals surface area contributed by atoms with Crippen molar-refractivity contribution in [2.45, 2.75) is 31.7 Å². The van der Waals surface area contributed by atoms with E-state index >= 15 is 0 Å². The van der Waals surface area contributed by atoms with Crippen molar-refractivity contribution >= 4 is 5.78 Å². The van der Waals surface area contributed by atoms with Gasteiger partial charge >= 0.3 is 0 Å². The molecule has 1 aliphatic carbocycles. The zero-order valence-electron chi connectivity index (χ0n) is 6.10. The molecule has 56 valence electrons. The molecular formula is C8H13NO. The zero-order valence-corrected chi connectivity index (χ0v) is 6.10. The average Bonchev–Trinajstić information content (AvgIpc) is 2.36. The highest BCUT2D eigenvalue weighted by atomic mass is 16.1. The smallest absolute Gasteiger partial charge is 0.137 e. The van der Waals surface area contributed by atoms with Gasteiger partial charge in [-0.3, -0.25) is 4.79 Å². The van der Waals surface area contributed by atoms with Crippen LogP contribution < -0.4 is 5.32 Å². The molecule has 0 aromatic carbocycles. The predicted molar refractivity (Wildman–Crippen MR) is 38.8 cm³/mol. The highest BCUT2D eigenvalue weighted by molar-refractivity contribution is 5.82. The normalized spacial score (nSPS) is 39.8. The van der Waals surface area contributed by atoms with Crippen molar-refractivity contribution in [1.82, 2.24) is 5.32 Å². The van der Waals surface area contributed by atoms with Gasteiger partial charge in [0, 0.05) is 18.4 Å². The van der Waals surface area contributed by atoms with Crippen LogP contribution in [-0.2, 0) is 4.79 Å². The van der Waals surface area contributed by atoms with Crippen LogP contribution in [0.1, 0.15) is 25.7 Å². The fourth-order valence-electron chi connectivity index (χ4n) is 2.14. The van der Waals surface area contributed by atoms with Gasteiger partial charge in [-0.25, -0.2) is 0 Å². The van der Waals surface area contributed by atoms with Gasteiger partial charge in [-0.2, -0.15) is 0 Å². The van der Waals surface area contributed by atoms with Gasteiger partial charge in [0.25, 0.3) is 0 Å². The number of carbonyl (C=O) groups is 1. The number of carbonyl (C=O) groups excluding carboxylic acids is 1. The molecule has 0 radical (unpaired) electrons. The van der Waals surface area contributed by atoms with Crippen LogP contribution in [0.25, 0.3) is 0 Å². The standard InChI is InChI=1S/C8H13NO/c10-8-3-1-2-7-6(8)4-5-9-7/h6-7,9H,1-5H2/t6-,7-/m1/s1. The van der Waals surface area contributed by atoms with Crippen LogP contribution in [0.3, 0.4) is 0 Å². The molecule has 0 spiro atoms. The lowest BCUT2D eigenvalue weighted by atomic mass is 9.84. The van der Waals surface area contributed by atoms with Crippen LogP contribution >= 0.6 is 0 Å². The Morgan fingerprint density at radius 1 is 1.40 bits per heavy atom. The summed E-state index contributed by atoms with van der Waals surface area (Å²) < 4.78 is 0. The predicted octanol–water partition coefficient (Wildman–Crippen LogP) is 0.718. The summed E-state index contributed by atoms with van der Waals surface area (Å²) in [4.78, 5) is 11.2. The molecule has 2 atom stereocenters. The van der Waals surface area contributed by atoms with Gasteiger partial charge in [0.1, 0.15) is 5.78 Å². The molecule has 2 heteroatoms. The Morgan fingerprint density at radius 3 is 3.10 bits per heavy atom. The van der Waals surface area contributed by atoms with Crippen molar-refractivity contribution in [2.24, 2.45) is 5.92 Å². The summed E-state index contributed by atoms with van der Waals surface area (Å²) in [5.74, 6) is 0.884. The highest BCUT2D eigenvalue weighted by Crippen LogP contribution is 2.27. The summed E-state index contributed by atoms with van der Waals surface area (Å²) in [6, 6.07) is 0.543. The molecule has 0 unspecified atom stereocenters. The van der Waals surface area contributed by atoms with Crippen LogP contribution in [0.2, 0.25) is 0 Å². The monoisotopic (exact) mass is 139 g/mol. The van der Waals surface area contributed by atoms with Crippen LogP contribution in [0, 0.1) is 5.92 Å². The lowest BCUT2D eigenvalue weighted by molar-refractivity contribution is -0.124. The zero-order chi connectivity index (χ0) is 6.97. The van der Waals surface area contributed by atoms with E-state index in [9.17, 15) is 4.79 Å². The second-order valence-electron chi connectivity index (χ2n) is 3.31. The molecule has 0 aromatic heterocycles. The first-order chi connectivity index (χ1) is 4.88. The Balaban J connectivity index is 2.10. The summed E-state index contributed by atoms with van der Waals surface area (Å²) in [7, 11) is 0. The Bertz CT molecular complexity index is 155.